The van der Waals surface area contributed by atoms with E-state index in [-0.39, 0.29) is 17.1 Å². The highest BCUT2D eigenvalue weighted by Crippen LogP contribution is 2.21. The van der Waals surface area contributed by atoms with E-state index in [1.807, 2.05) is 0 Å². The van der Waals surface area contributed by atoms with Gasteiger partial charge < -0.3 is 26.8 Å². The summed E-state index contributed by atoms with van der Waals surface area (Å²) in [7, 11) is 0. The SMILES string of the molecule is Nc1cc(C(O)C(O)C(=O)O)cnc1N. The number of aliphatic hydroxyl groups is 2. The van der Waals surface area contributed by atoms with Crippen LogP contribution in [0.15, 0.2) is 12.3 Å². The third-order valence-electron chi connectivity index (χ3n) is 1.86. The summed E-state index contributed by atoms with van der Waals surface area (Å²) < 4.78 is 0. The van der Waals surface area contributed by atoms with Crippen molar-refractivity contribution in [3.8, 4) is 0 Å². The van der Waals surface area contributed by atoms with Crippen molar-refractivity contribution in [1.29, 1.82) is 0 Å². The van der Waals surface area contributed by atoms with Crippen LogP contribution >= 0.6 is 0 Å². The summed E-state index contributed by atoms with van der Waals surface area (Å²) >= 11 is 0. The van der Waals surface area contributed by atoms with Gasteiger partial charge in [-0.05, 0) is 6.07 Å². The largest absolute Gasteiger partial charge is 0.479 e. The molecule has 0 aliphatic heterocycles. The second-order valence-corrected chi connectivity index (χ2v) is 2.97. The maximum atomic E-state index is 10.4. The third kappa shape index (κ3) is 2.33. The molecule has 0 saturated heterocycles. The highest BCUT2D eigenvalue weighted by Gasteiger charge is 2.25. The first-order valence-electron chi connectivity index (χ1n) is 4.03. The zero-order chi connectivity index (χ0) is 11.6. The topological polar surface area (TPSA) is 143 Å². The smallest absolute Gasteiger partial charge is 0.335 e. The van der Waals surface area contributed by atoms with Crippen LogP contribution in [0.3, 0.4) is 0 Å². The lowest BCUT2D eigenvalue weighted by Gasteiger charge is -2.14. The van der Waals surface area contributed by atoms with E-state index in [0.29, 0.717) is 0 Å². The average Bonchev–Trinajstić information content (AvgIpc) is 2.19. The van der Waals surface area contributed by atoms with Crippen LogP contribution in [0.25, 0.3) is 0 Å². The lowest BCUT2D eigenvalue weighted by molar-refractivity contribution is -0.153. The van der Waals surface area contributed by atoms with Crippen molar-refractivity contribution in [3.05, 3.63) is 17.8 Å². The summed E-state index contributed by atoms with van der Waals surface area (Å²) in [5.41, 5.74) is 10.9. The molecule has 0 amide bonds. The van der Waals surface area contributed by atoms with E-state index in [1.165, 1.54) is 6.07 Å². The Morgan fingerprint density at radius 1 is 1.40 bits per heavy atom. The summed E-state index contributed by atoms with van der Waals surface area (Å²) in [6.07, 6.45) is -2.35. The quantitative estimate of drug-likeness (QED) is 0.421. The number of rotatable bonds is 3. The van der Waals surface area contributed by atoms with Crippen molar-refractivity contribution < 1.29 is 20.1 Å². The molecule has 1 aromatic rings. The van der Waals surface area contributed by atoms with Crippen molar-refractivity contribution in [2.75, 3.05) is 11.5 Å². The number of carboxylic acids is 1. The maximum absolute atomic E-state index is 10.4. The van der Waals surface area contributed by atoms with Gasteiger partial charge in [0.15, 0.2) is 6.10 Å². The minimum Gasteiger partial charge on any atom is -0.479 e. The molecule has 0 fully saturated rings. The molecule has 1 aromatic heterocycles. The summed E-state index contributed by atoms with van der Waals surface area (Å²) in [6.45, 7) is 0. The van der Waals surface area contributed by atoms with Crippen LogP contribution in [-0.4, -0.2) is 32.4 Å². The summed E-state index contributed by atoms with van der Waals surface area (Å²) in [5.74, 6) is -1.45. The van der Waals surface area contributed by atoms with Crippen molar-refractivity contribution >= 4 is 17.5 Å². The van der Waals surface area contributed by atoms with E-state index < -0.39 is 18.2 Å². The van der Waals surface area contributed by atoms with Crippen molar-refractivity contribution in [2.45, 2.75) is 12.2 Å². The standard InChI is InChI=1S/C8H11N3O4/c9-4-1-3(2-11-7(4)10)5(12)6(13)8(14)15/h1-2,5-6,12-13H,9H2,(H2,10,11)(H,14,15). The number of carbonyl (C=O) groups is 1. The molecule has 82 valence electrons. The Morgan fingerprint density at radius 3 is 2.47 bits per heavy atom. The Hall–Kier alpha value is -1.86. The van der Waals surface area contributed by atoms with Crippen LogP contribution in [0.1, 0.15) is 11.7 Å². The number of hydrogen-bond donors (Lipinski definition) is 5. The Morgan fingerprint density at radius 2 is 2.00 bits per heavy atom. The molecule has 2 unspecified atom stereocenters. The maximum Gasteiger partial charge on any atom is 0.335 e. The Balaban J connectivity index is 2.96. The van der Waals surface area contributed by atoms with Crippen LogP contribution in [0.5, 0.6) is 0 Å². The number of aromatic nitrogens is 1. The van der Waals surface area contributed by atoms with Crippen molar-refractivity contribution in [1.82, 2.24) is 4.98 Å². The number of nitrogens with zero attached hydrogens (tertiary/aromatic N) is 1. The van der Waals surface area contributed by atoms with Crippen LogP contribution < -0.4 is 11.5 Å². The van der Waals surface area contributed by atoms with Gasteiger partial charge in [-0.2, -0.15) is 0 Å². The van der Waals surface area contributed by atoms with E-state index >= 15 is 0 Å². The second kappa shape index (κ2) is 4.11. The fourth-order valence-corrected chi connectivity index (χ4v) is 0.988. The van der Waals surface area contributed by atoms with Crippen LogP contribution in [0, 0.1) is 0 Å². The summed E-state index contributed by atoms with van der Waals surface area (Å²) in [6, 6.07) is 1.26. The lowest BCUT2D eigenvalue weighted by atomic mass is 10.1. The Labute approximate surface area is 85.0 Å². The fraction of sp³-hybridized carbons (Fsp3) is 0.250. The first-order valence-corrected chi connectivity index (χ1v) is 4.03. The summed E-state index contributed by atoms with van der Waals surface area (Å²) in [4.78, 5) is 14.0. The van der Waals surface area contributed by atoms with E-state index in [9.17, 15) is 9.90 Å². The predicted molar refractivity (Wildman–Crippen MR) is 51.7 cm³/mol. The van der Waals surface area contributed by atoms with Crippen molar-refractivity contribution in [3.63, 3.8) is 0 Å². The molecule has 7 heteroatoms. The summed E-state index contributed by atoms with van der Waals surface area (Å²) in [5, 5.41) is 26.9. The molecule has 0 aliphatic carbocycles. The number of nitrogen functional groups attached to an aromatic ring is 2. The monoisotopic (exact) mass is 213 g/mol. The molecule has 0 aliphatic rings. The highest BCUT2D eigenvalue weighted by atomic mass is 16.4. The van der Waals surface area contributed by atoms with Gasteiger partial charge in [0.1, 0.15) is 11.9 Å². The van der Waals surface area contributed by atoms with Gasteiger partial charge in [0.05, 0.1) is 5.69 Å². The Bertz CT molecular complexity index is 382. The number of pyridine rings is 1. The number of aliphatic hydroxyl groups excluding tert-OH is 2. The molecule has 1 heterocycles. The number of aliphatic carboxylic acids is 1. The first-order chi connectivity index (χ1) is 6.93. The lowest BCUT2D eigenvalue weighted by Crippen LogP contribution is -2.27. The average molecular weight is 213 g/mol. The molecule has 7 nitrogen and oxygen atoms in total. The van der Waals surface area contributed by atoms with E-state index in [4.69, 9.17) is 21.7 Å². The van der Waals surface area contributed by atoms with Gasteiger partial charge in [-0.3, -0.25) is 0 Å². The molecule has 0 spiro atoms. The minimum atomic E-state index is -1.92. The van der Waals surface area contributed by atoms with Crippen LogP contribution in [0.4, 0.5) is 11.5 Å². The van der Waals surface area contributed by atoms with Gasteiger partial charge in [-0.1, -0.05) is 0 Å². The van der Waals surface area contributed by atoms with Gasteiger partial charge in [0, 0.05) is 11.8 Å². The van der Waals surface area contributed by atoms with Gasteiger partial charge in [0.25, 0.3) is 0 Å². The van der Waals surface area contributed by atoms with Gasteiger partial charge in [-0.25, -0.2) is 9.78 Å². The van der Waals surface area contributed by atoms with Crippen LogP contribution in [0.2, 0.25) is 0 Å². The van der Waals surface area contributed by atoms with Crippen molar-refractivity contribution in [2.24, 2.45) is 0 Å². The zero-order valence-corrected chi connectivity index (χ0v) is 7.66. The normalized spacial score (nSPS) is 14.5. The molecular formula is C8H11N3O4. The molecule has 0 saturated carbocycles. The molecule has 7 N–H and O–H groups in total. The first kappa shape index (κ1) is 11.2. The van der Waals surface area contributed by atoms with E-state index in [2.05, 4.69) is 4.98 Å². The predicted octanol–water partition coefficient (Wildman–Crippen LogP) is -1.28. The number of nitrogens with two attached hydrogens (primary N) is 2. The van der Waals surface area contributed by atoms with E-state index in [0.717, 1.165) is 6.20 Å². The number of anilines is 2. The third-order valence-corrected chi connectivity index (χ3v) is 1.86. The Kier molecular flexibility index (Phi) is 3.08. The zero-order valence-electron chi connectivity index (χ0n) is 7.66. The highest BCUT2D eigenvalue weighted by molar-refractivity contribution is 5.73. The molecule has 15 heavy (non-hydrogen) atoms. The molecule has 2 atom stereocenters. The number of carboxylic acid groups (broad SMARTS) is 1. The number of hydrogen-bond acceptors (Lipinski definition) is 6. The van der Waals surface area contributed by atoms with Gasteiger partial charge >= 0.3 is 5.97 Å². The molecule has 1 rings (SSSR count). The van der Waals surface area contributed by atoms with Gasteiger partial charge in [0.2, 0.25) is 0 Å². The molecule has 0 aromatic carbocycles. The van der Waals surface area contributed by atoms with E-state index in [1.54, 1.807) is 0 Å². The van der Waals surface area contributed by atoms with Gasteiger partial charge in [-0.15, -0.1) is 0 Å². The molecule has 0 radical (unpaired) electrons. The molecule has 0 bridgehead atoms. The molecular weight excluding hydrogens is 202 g/mol. The second-order valence-electron chi connectivity index (χ2n) is 2.97. The fourth-order valence-electron chi connectivity index (χ4n) is 0.988. The minimum absolute atomic E-state index is 0.0794. The van der Waals surface area contributed by atoms with Crippen LogP contribution in [-0.2, 0) is 4.79 Å².